The number of halogens is 2. The van der Waals surface area contributed by atoms with Gasteiger partial charge < -0.3 is 10.6 Å². The number of hydrogen-bond acceptors (Lipinski definition) is 3. The second-order valence-electron chi connectivity index (χ2n) is 4.58. The van der Waals surface area contributed by atoms with Crippen LogP contribution >= 0.6 is 15.9 Å². The van der Waals surface area contributed by atoms with Crippen LogP contribution in [0.4, 0.5) is 4.39 Å². The number of likely N-dealkylation sites (N-methyl/N-ethyl adjacent to an activating group) is 1. The van der Waals surface area contributed by atoms with E-state index in [9.17, 15) is 9.18 Å². The summed E-state index contributed by atoms with van der Waals surface area (Å²) in [4.78, 5) is 13.9. The van der Waals surface area contributed by atoms with Crippen LogP contribution in [0.5, 0.6) is 0 Å². The van der Waals surface area contributed by atoms with E-state index in [4.69, 9.17) is 0 Å². The van der Waals surface area contributed by atoms with E-state index >= 15 is 0 Å². The van der Waals surface area contributed by atoms with Gasteiger partial charge in [0.2, 0.25) is 5.91 Å². The van der Waals surface area contributed by atoms with Crippen molar-refractivity contribution in [1.82, 2.24) is 15.5 Å². The molecule has 6 heteroatoms. The van der Waals surface area contributed by atoms with E-state index in [1.165, 1.54) is 12.1 Å². The van der Waals surface area contributed by atoms with Crippen LogP contribution in [0.25, 0.3) is 0 Å². The molecule has 2 rings (SSSR count). The summed E-state index contributed by atoms with van der Waals surface area (Å²) in [5.74, 6) is -0.279. The molecular weight excluding hydrogens is 313 g/mol. The van der Waals surface area contributed by atoms with Crippen LogP contribution < -0.4 is 10.6 Å². The van der Waals surface area contributed by atoms with Crippen molar-refractivity contribution in [2.24, 2.45) is 0 Å². The number of amides is 1. The monoisotopic (exact) mass is 329 g/mol. The molecule has 0 radical (unpaired) electrons. The van der Waals surface area contributed by atoms with E-state index in [0.29, 0.717) is 17.6 Å². The molecule has 104 valence electrons. The number of benzene rings is 1. The predicted octanol–water partition coefficient (Wildman–Crippen LogP) is 1.11. The highest BCUT2D eigenvalue weighted by Crippen LogP contribution is 2.18. The second kappa shape index (κ2) is 6.45. The maximum absolute atomic E-state index is 13.4. The molecule has 1 aromatic rings. The van der Waals surface area contributed by atoms with Gasteiger partial charge in [-0.05, 0) is 23.8 Å². The number of hydrogen-bond donors (Lipinski definition) is 2. The van der Waals surface area contributed by atoms with Gasteiger partial charge >= 0.3 is 0 Å². The lowest BCUT2D eigenvalue weighted by Crippen LogP contribution is -2.56. The molecule has 1 amide bonds. The van der Waals surface area contributed by atoms with Gasteiger partial charge in [0.1, 0.15) is 11.9 Å². The Morgan fingerprint density at radius 2 is 2.37 bits per heavy atom. The SMILES string of the molecule is CNC(=O)C1CNCCN1Cc1cc(F)cc(Br)c1. The summed E-state index contributed by atoms with van der Waals surface area (Å²) in [5.41, 5.74) is 0.864. The van der Waals surface area contributed by atoms with Crippen molar-refractivity contribution in [1.29, 1.82) is 0 Å². The highest BCUT2D eigenvalue weighted by molar-refractivity contribution is 9.10. The first-order chi connectivity index (χ1) is 9.10. The first-order valence-electron chi connectivity index (χ1n) is 6.21. The van der Waals surface area contributed by atoms with Gasteiger partial charge in [-0.2, -0.15) is 0 Å². The topological polar surface area (TPSA) is 44.4 Å². The Labute approximate surface area is 120 Å². The molecule has 1 unspecified atom stereocenters. The normalized spacial score (nSPS) is 20.3. The molecule has 0 aliphatic carbocycles. The minimum absolute atomic E-state index is 0.0114. The van der Waals surface area contributed by atoms with Crippen molar-refractivity contribution in [3.8, 4) is 0 Å². The van der Waals surface area contributed by atoms with Crippen molar-refractivity contribution < 1.29 is 9.18 Å². The maximum Gasteiger partial charge on any atom is 0.238 e. The van der Waals surface area contributed by atoms with Gasteiger partial charge in [-0.25, -0.2) is 4.39 Å². The summed E-state index contributed by atoms with van der Waals surface area (Å²) >= 11 is 3.29. The van der Waals surface area contributed by atoms with E-state index in [0.717, 1.165) is 18.7 Å². The average molecular weight is 330 g/mol. The van der Waals surface area contributed by atoms with Gasteiger partial charge in [0.15, 0.2) is 0 Å². The Hall–Kier alpha value is -0.980. The fourth-order valence-corrected chi connectivity index (χ4v) is 2.81. The lowest BCUT2D eigenvalue weighted by molar-refractivity contribution is -0.126. The lowest BCUT2D eigenvalue weighted by Gasteiger charge is -2.34. The summed E-state index contributed by atoms with van der Waals surface area (Å²) in [6, 6.07) is 4.61. The summed E-state index contributed by atoms with van der Waals surface area (Å²) in [6.45, 7) is 2.79. The number of rotatable bonds is 3. The minimum Gasteiger partial charge on any atom is -0.358 e. The van der Waals surface area contributed by atoms with Crippen molar-refractivity contribution in [3.05, 3.63) is 34.1 Å². The predicted molar refractivity (Wildman–Crippen MR) is 75.2 cm³/mol. The smallest absolute Gasteiger partial charge is 0.238 e. The second-order valence-corrected chi connectivity index (χ2v) is 5.50. The van der Waals surface area contributed by atoms with Crippen molar-refractivity contribution >= 4 is 21.8 Å². The standard InChI is InChI=1S/C13H17BrFN3O/c1-16-13(19)12-7-17-2-3-18(12)8-9-4-10(14)6-11(15)5-9/h4-6,12,17H,2-3,7-8H2,1H3,(H,16,19). The fraction of sp³-hybridized carbons (Fsp3) is 0.462. The Kier molecular flexibility index (Phi) is 4.90. The van der Waals surface area contributed by atoms with Crippen molar-refractivity contribution in [2.45, 2.75) is 12.6 Å². The van der Waals surface area contributed by atoms with Crippen LogP contribution in [-0.4, -0.2) is 43.5 Å². The van der Waals surface area contributed by atoms with Gasteiger partial charge in [0.05, 0.1) is 0 Å². The van der Waals surface area contributed by atoms with Crippen molar-refractivity contribution in [2.75, 3.05) is 26.7 Å². The van der Waals surface area contributed by atoms with E-state index < -0.39 is 0 Å². The van der Waals surface area contributed by atoms with E-state index in [1.807, 2.05) is 6.07 Å². The van der Waals surface area contributed by atoms with Crippen LogP contribution in [0.2, 0.25) is 0 Å². The van der Waals surface area contributed by atoms with Crippen LogP contribution in [-0.2, 0) is 11.3 Å². The van der Waals surface area contributed by atoms with Gasteiger partial charge in [0.25, 0.3) is 0 Å². The van der Waals surface area contributed by atoms with E-state index in [2.05, 4.69) is 31.5 Å². The molecular formula is C13H17BrFN3O. The summed E-state index contributed by atoms with van der Waals surface area (Å²) < 4.78 is 14.1. The van der Waals surface area contributed by atoms with Crippen LogP contribution in [0.3, 0.4) is 0 Å². The highest BCUT2D eigenvalue weighted by atomic mass is 79.9. The Balaban J connectivity index is 2.12. The van der Waals surface area contributed by atoms with Gasteiger partial charge in [0, 0.05) is 37.7 Å². The molecule has 1 aliphatic rings. The number of nitrogens with one attached hydrogen (secondary N) is 2. The first-order valence-corrected chi connectivity index (χ1v) is 7.01. The number of nitrogens with zero attached hydrogens (tertiary/aromatic N) is 1. The Morgan fingerprint density at radius 3 is 3.05 bits per heavy atom. The summed E-state index contributed by atoms with van der Waals surface area (Å²) in [5, 5.41) is 5.87. The summed E-state index contributed by atoms with van der Waals surface area (Å²) in [6.07, 6.45) is 0. The molecule has 2 N–H and O–H groups in total. The molecule has 19 heavy (non-hydrogen) atoms. The third-order valence-electron chi connectivity index (χ3n) is 3.21. The molecule has 0 spiro atoms. The van der Waals surface area contributed by atoms with Gasteiger partial charge in [-0.3, -0.25) is 9.69 Å². The molecule has 1 fully saturated rings. The van der Waals surface area contributed by atoms with Gasteiger partial charge in [-0.1, -0.05) is 15.9 Å². The molecule has 0 saturated carbocycles. The van der Waals surface area contributed by atoms with E-state index in [1.54, 1.807) is 7.05 Å². The zero-order valence-electron chi connectivity index (χ0n) is 10.7. The lowest BCUT2D eigenvalue weighted by atomic mass is 10.1. The zero-order chi connectivity index (χ0) is 13.8. The van der Waals surface area contributed by atoms with Crippen LogP contribution in [0.1, 0.15) is 5.56 Å². The molecule has 1 heterocycles. The molecule has 1 aromatic carbocycles. The number of carbonyl (C=O) groups excluding carboxylic acids is 1. The van der Waals surface area contributed by atoms with Crippen LogP contribution in [0.15, 0.2) is 22.7 Å². The first kappa shape index (κ1) is 14.4. The highest BCUT2D eigenvalue weighted by Gasteiger charge is 2.27. The Bertz CT molecular complexity index is 449. The van der Waals surface area contributed by atoms with E-state index in [-0.39, 0.29) is 17.8 Å². The van der Waals surface area contributed by atoms with Crippen molar-refractivity contribution in [3.63, 3.8) is 0 Å². The minimum atomic E-state index is -0.268. The third-order valence-corrected chi connectivity index (χ3v) is 3.67. The number of carbonyl (C=O) groups is 1. The molecule has 1 aliphatic heterocycles. The Morgan fingerprint density at radius 1 is 1.58 bits per heavy atom. The summed E-state index contributed by atoms with van der Waals surface area (Å²) in [7, 11) is 1.63. The molecule has 0 aromatic heterocycles. The third kappa shape index (κ3) is 3.75. The molecule has 1 atom stereocenters. The molecule has 0 bridgehead atoms. The quantitative estimate of drug-likeness (QED) is 0.873. The maximum atomic E-state index is 13.4. The van der Waals surface area contributed by atoms with Crippen LogP contribution in [0, 0.1) is 5.82 Å². The number of piperazine rings is 1. The molecule has 4 nitrogen and oxygen atoms in total. The zero-order valence-corrected chi connectivity index (χ0v) is 12.3. The fourth-order valence-electron chi connectivity index (χ4n) is 2.30. The largest absolute Gasteiger partial charge is 0.358 e. The molecule has 1 saturated heterocycles. The average Bonchev–Trinajstić information content (AvgIpc) is 2.37. The van der Waals surface area contributed by atoms with Gasteiger partial charge in [-0.15, -0.1) is 0 Å².